The second-order valence-electron chi connectivity index (χ2n) is 7.04. The molecule has 0 heterocycles. The zero-order valence-corrected chi connectivity index (χ0v) is 15.8. The van der Waals surface area contributed by atoms with Gasteiger partial charge in [0.25, 0.3) is 0 Å². The van der Waals surface area contributed by atoms with Crippen LogP contribution in [-0.4, -0.2) is 12.1 Å². The van der Waals surface area contributed by atoms with Crippen molar-refractivity contribution in [3.8, 4) is 0 Å². The average molecular weight is 306 g/mol. The maximum absolute atomic E-state index is 4.33. The third-order valence-corrected chi connectivity index (χ3v) is 4.19. The van der Waals surface area contributed by atoms with Gasteiger partial charge in [-0.15, -0.1) is 6.58 Å². The molecule has 0 amide bonds. The molecule has 1 nitrogen and oxygen atoms in total. The average Bonchev–Trinajstić information content (AvgIpc) is 2.46. The third kappa shape index (κ3) is 10.8. The summed E-state index contributed by atoms with van der Waals surface area (Å²) in [6.45, 7) is 19.4. The summed E-state index contributed by atoms with van der Waals surface area (Å²) in [5.41, 5.74) is 2.61. The van der Waals surface area contributed by atoms with E-state index >= 15 is 0 Å². The number of nitrogens with one attached hydrogen (secondary N) is 1. The topological polar surface area (TPSA) is 12.0 Å². The van der Waals surface area contributed by atoms with Crippen LogP contribution in [-0.2, 0) is 0 Å². The van der Waals surface area contributed by atoms with Gasteiger partial charge in [0.15, 0.2) is 0 Å². The number of unbranched alkanes of at least 4 members (excludes halogenated alkanes) is 1. The molecule has 1 N–H and O–H groups in total. The molecule has 22 heavy (non-hydrogen) atoms. The molecule has 2 unspecified atom stereocenters. The van der Waals surface area contributed by atoms with Crippen molar-refractivity contribution in [3.05, 3.63) is 36.5 Å². The molecule has 0 aliphatic carbocycles. The Hall–Kier alpha value is -0.820. The van der Waals surface area contributed by atoms with Gasteiger partial charge in [-0.2, -0.15) is 0 Å². The lowest BCUT2D eigenvalue weighted by molar-refractivity contribution is 0.417. The standard InChI is InChI=1S/C21H39N/c1-8-9-15-19(6)22-21(20(7)18(4)5)16-13-11-10-12-14-17(2)3/h10-11,18-19,21-22H,2,7-9,12-16H2,1,3-6H3/b11-10+. The summed E-state index contributed by atoms with van der Waals surface area (Å²) in [5.74, 6) is 0.545. The molecular formula is C21H39N. The van der Waals surface area contributed by atoms with E-state index in [-0.39, 0.29) is 0 Å². The molecule has 0 aromatic carbocycles. The molecule has 128 valence electrons. The van der Waals surface area contributed by atoms with Crippen molar-refractivity contribution in [1.29, 1.82) is 0 Å². The molecule has 0 saturated heterocycles. The first-order chi connectivity index (χ1) is 10.4. The maximum atomic E-state index is 4.33. The third-order valence-electron chi connectivity index (χ3n) is 4.19. The van der Waals surface area contributed by atoms with E-state index in [1.54, 1.807) is 0 Å². The largest absolute Gasteiger partial charge is 0.308 e. The molecule has 0 aliphatic rings. The van der Waals surface area contributed by atoms with Gasteiger partial charge in [0.2, 0.25) is 0 Å². The van der Waals surface area contributed by atoms with E-state index in [1.807, 2.05) is 0 Å². The van der Waals surface area contributed by atoms with Crippen molar-refractivity contribution >= 4 is 0 Å². The minimum absolute atomic E-state index is 0.442. The monoisotopic (exact) mass is 305 g/mol. The van der Waals surface area contributed by atoms with E-state index in [0.717, 1.165) is 25.7 Å². The van der Waals surface area contributed by atoms with Crippen LogP contribution in [0.4, 0.5) is 0 Å². The summed E-state index contributed by atoms with van der Waals surface area (Å²) >= 11 is 0. The van der Waals surface area contributed by atoms with E-state index in [2.05, 4.69) is 65.2 Å². The van der Waals surface area contributed by atoms with E-state index < -0.39 is 0 Å². The fourth-order valence-corrected chi connectivity index (χ4v) is 2.54. The van der Waals surface area contributed by atoms with E-state index in [4.69, 9.17) is 0 Å². The molecule has 1 heteroatoms. The van der Waals surface area contributed by atoms with Gasteiger partial charge in [-0.25, -0.2) is 0 Å². The van der Waals surface area contributed by atoms with Crippen molar-refractivity contribution in [2.45, 2.75) is 91.6 Å². The maximum Gasteiger partial charge on any atom is 0.0284 e. The van der Waals surface area contributed by atoms with E-state index in [1.165, 1.54) is 30.4 Å². The summed E-state index contributed by atoms with van der Waals surface area (Å²) in [6.07, 6.45) is 12.9. The Morgan fingerprint density at radius 2 is 1.68 bits per heavy atom. The molecule has 0 spiro atoms. The first-order valence-electron chi connectivity index (χ1n) is 9.12. The highest BCUT2D eigenvalue weighted by Crippen LogP contribution is 2.18. The van der Waals surface area contributed by atoms with Gasteiger partial charge in [0.05, 0.1) is 0 Å². The number of hydrogen-bond donors (Lipinski definition) is 1. The van der Waals surface area contributed by atoms with Crippen molar-refractivity contribution in [1.82, 2.24) is 5.32 Å². The van der Waals surface area contributed by atoms with Crippen LogP contribution < -0.4 is 5.32 Å². The zero-order chi connectivity index (χ0) is 17.0. The second kappa shape index (κ2) is 12.7. The molecule has 0 fully saturated rings. The van der Waals surface area contributed by atoms with Crippen molar-refractivity contribution in [2.24, 2.45) is 5.92 Å². The SMILES string of the molecule is C=C(C)CC/C=C/CCC(NC(C)CCCC)C(=C)C(C)C. The highest BCUT2D eigenvalue weighted by molar-refractivity contribution is 5.09. The Labute approximate surface area is 140 Å². The Kier molecular flexibility index (Phi) is 12.2. The van der Waals surface area contributed by atoms with Gasteiger partial charge in [0, 0.05) is 12.1 Å². The van der Waals surface area contributed by atoms with Crippen molar-refractivity contribution in [2.75, 3.05) is 0 Å². The normalized spacial score (nSPS) is 14.5. The van der Waals surface area contributed by atoms with Crippen LogP contribution in [0, 0.1) is 5.92 Å². The van der Waals surface area contributed by atoms with Crippen LogP contribution in [0.15, 0.2) is 36.5 Å². The quantitative estimate of drug-likeness (QED) is 0.387. The lowest BCUT2D eigenvalue weighted by Gasteiger charge is -2.27. The lowest BCUT2D eigenvalue weighted by atomic mass is 9.93. The molecule has 0 saturated carbocycles. The molecular weight excluding hydrogens is 266 g/mol. The molecule has 0 radical (unpaired) electrons. The minimum Gasteiger partial charge on any atom is -0.308 e. The zero-order valence-electron chi connectivity index (χ0n) is 15.8. The van der Waals surface area contributed by atoms with Gasteiger partial charge in [-0.3, -0.25) is 0 Å². The van der Waals surface area contributed by atoms with Gasteiger partial charge < -0.3 is 5.32 Å². The van der Waals surface area contributed by atoms with Crippen LogP contribution >= 0.6 is 0 Å². The molecule has 0 aliphatic heterocycles. The summed E-state index contributed by atoms with van der Waals surface area (Å²) in [5, 5.41) is 3.79. The van der Waals surface area contributed by atoms with E-state index in [0.29, 0.717) is 18.0 Å². The summed E-state index contributed by atoms with van der Waals surface area (Å²) in [4.78, 5) is 0. The molecule has 0 aromatic rings. The number of rotatable bonds is 13. The fourth-order valence-electron chi connectivity index (χ4n) is 2.54. The highest BCUT2D eigenvalue weighted by atomic mass is 14.9. The van der Waals surface area contributed by atoms with Gasteiger partial charge >= 0.3 is 0 Å². The Morgan fingerprint density at radius 3 is 2.23 bits per heavy atom. The smallest absolute Gasteiger partial charge is 0.0284 e. The summed E-state index contributed by atoms with van der Waals surface area (Å²) < 4.78 is 0. The van der Waals surface area contributed by atoms with Crippen LogP contribution in [0.2, 0.25) is 0 Å². The molecule has 2 atom stereocenters. The van der Waals surface area contributed by atoms with Gasteiger partial charge in [0.1, 0.15) is 0 Å². The molecule has 0 aromatic heterocycles. The Bertz CT molecular complexity index is 338. The number of hydrogen-bond acceptors (Lipinski definition) is 1. The minimum atomic E-state index is 0.442. The summed E-state index contributed by atoms with van der Waals surface area (Å²) in [7, 11) is 0. The van der Waals surface area contributed by atoms with Crippen molar-refractivity contribution in [3.63, 3.8) is 0 Å². The Morgan fingerprint density at radius 1 is 1.05 bits per heavy atom. The summed E-state index contributed by atoms with van der Waals surface area (Å²) in [6, 6.07) is 1.02. The second-order valence-corrected chi connectivity index (χ2v) is 7.04. The molecule has 0 rings (SSSR count). The number of allylic oxidation sites excluding steroid dienone is 3. The van der Waals surface area contributed by atoms with Crippen LogP contribution in [0.1, 0.15) is 79.6 Å². The van der Waals surface area contributed by atoms with Crippen molar-refractivity contribution < 1.29 is 0 Å². The highest BCUT2D eigenvalue weighted by Gasteiger charge is 2.16. The van der Waals surface area contributed by atoms with Crippen LogP contribution in [0.25, 0.3) is 0 Å². The fraction of sp³-hybridized carbons (Fsp3) is 0.714. The van der Waals surface area contributed by atoms with E-state index in [9.17, 15) is 0 Å². The van der Waals surface area contributed by atoms with Crippen LogP contribution in [0.5, 0.6) is 0 Å². The van der Waals surface area contributed by atoms with Crippen LogP contribution in [0.3, 0.4) is 0 Å². The first-order valence-corrected chi connectivity index (χ1v) is 9.12. The first kappa shape index (κ1) is 21.2. The Balaban J connectivity index is 4.30. The van der Waals surface area contributed by atoms with Gasteiger partial charge in [-0.1, -0.05) is 63.5 Å². The lowest BCUT2D eigenvalue weighted by Crippen LogP contribution is -2.38. The predicted octanol–water partition coefficient (Wildman–Crippen LogP) is 6.43. The predicted molar refractivity (Wildman–Crippen MR) is 102 cm³/mol. The van der Waals surface area contributed by atoms with Gasteiger partial charge in [-0.05, 0) is 51.9 Å². The molecule has 0 bridgehead atoms.